The van der Waals surface area contributed by atoms with Crippen molar-refractivity contribution in [2.45, 2.75) is 39.0 Å². The molecule has 20 heavy (non-hydrogen) atoms. The number of carbonyl (C=O) groups excluding carboxylic acids is 2. The van der Waals surface area contributed by atoms with Crippen LogP contribution in [0, 0.1) is 5.92 Å². The molecule has 0 aromatic heterocycles. The zero-order valence-corrected chi connectivity index (χ0v) is 11.9. The van der Waals surface area contributed by atoms with Crippen LogP contribution in [-0.4, -0.2) is 18.4 Å². The quantitative estimate of drug-likeness (QED) is 0.750. The van der Waals surface area contributed by atoms with Crippen molar-refractivity contribution in [1.29, 1.82) is 0 Å². The Balaban J connectivity index is 1.68. The van der Waals surface area contributed by atoms with Crippen LogP contribution in [-0.2, 0) is 16.0 Å². The Bertz CT molecular complexity index is 481. The van der Waals surface area contributed by atoms with Gasteiger partial charge in [0.05, 0.1) is 0 Å². The van der Waals surface area contributed by atoms with Gasteiger partial charge in [0.15, 0.2) is 0 Å². The first-order valence-corrected chi connectivity index (χ1v) is 7.36. The van der Waals surface area contributed by atoms with E-state index < -0.39 is 0 Å². The number of anilines is 1. The first kappa shape index (κ1) is 14.6. The van der Waals surface area contributed by atoms with Gasteiger partial charge in [0.2, 0.25) is 11.8 Å². The number of benzene rings is 1. The van der Waals surface area contributed by atoms with Crippen molar-refractivity contribution in [3.8, 4) is 0 Å². The highest BCUT2D eigenvalue weighted by molar-refractivity contribution is 5.91. The highest BCUT2D eigenvalue weighted by Gasteiger charge is 2.28. The van der Waals surface area contributed by atoms with E-state index in [2.05, 4.69) is 17.6 Å². The summed E-state index contributed by atoms with van der Waals surface area (Å²) < 4.78 is 0. The molecule has 0 heterocycles. The Morgan fingerprint density at radius 3 is 2.70 bits per heavy atom. The molecule has 2 amide bonds. The van der Waals surface area contributed by atoms with Gasteiger partial charge in [-0.05, 0) is 37.3 Å². The molecular weight excluding hydrogens is 252 g/mol. The number of rotatable bonds is 7. The van der Waals surface area contributed by atoms with Gasteiger partial charge >= 0.3 is 0 Å². The van der Waals surface area contributed by atoms with Gasteiger partial charge in [0, 0.05) is 24.6 Å². The molecule has 0 atom stereocenters. The van der Waals surface area contributed by atoms with E-state index in [-0.39, 0.29) is 17.7 Å². The third-order valence-electron chi connectivity index (χ3n) is 3.50. The number of hydrogen-bond donors (Lipinski definition) is 2. The summed E-state index contributed by atoms with van der Waals surface area (Å²) in [4.78, 5) is 23.3. The lowest BCUT2D eigenvalue weighted by atomic mass is 10.1. The average Bonchev–Trinajstić information content (AvgIpc) is 3.28. The molecule has 0 saturated heterocycles. The van der Waals surface area contributed by atoms with E-state index in [4.69, 9.17) is 0 Å². The number of aryl methyl sites for hydroxylation is 1. The molecule has 4 heteroatoms. The second-order valence-electron chi connectivity index (χ2n) is 5.23. The molecule has 108 valence electrons. The predicted molar refractivity (Wildman–Crippen MR) is 79.4 cm³/mol. The molecule has 1 aliphatic carbocycles. The third kappa shape index (κ3) is 4.37. The monoisotopic (exact) mass is 274 g/mol. The first-order chi connectivity index (χ1) is 9.70. The Morgan fingerprint density at radius 1 is 1.25 bits per heavy atom. The molecule has 0 unspecified atom stereocenters. The molecule has 0 spiro atoms. The largest absolute Gasteiger partial charge is 0.356 e. The lowest BCUT2D eigenvalue weighted by Gasteiger charge is -2.09. The van der Waals surface area contributed by atoms with Crippen molar-refractivity contribution in [2.75, 3.05) is 11.9 Å². The van der Waals surface area contributed by atoms with Crippen molar-refractivity contribution >= 4 is 17.5 Å². The second-order valence-corrected chi connectivity index (χ2v) is 5.23. The Hall–Kier alpha value is -1.84. The van der Waals surface area contributed by atoms with Crippen LogP contribution in [0.2, 0.25) is 0 Å². The molecule has 1 aromatic rings. The van der Waals surface area contributed by atoms with Crippen LogP contribution in [0.4, 0.5) is 5.69 Å². The minimum atomic E-state index is 0.00608. The molecule has 4 nitrogen and oxygen atoms in total. The normalized spacial score (nSPS) is 13.8. The minimum Gasteiger partial charge on any atom is -0.356 e. The molecule has 1 fully saturated rings. The van der Waals surface area contributed by atoms with Crippen LogP contribution in [0.3, 0.4) is 0 Å². The molecule has 2 N–H and O–H groups in total. The Labute approximate surface area is 119 Å². The van der Waals surface area contributed by atoms with E-state index in [1.54, 1.807) is 0 Å². The smallest absolute Gasteiger partial charge is 0.224 e. The molecule has 2 rings (SSSR count). The van der Waals surface area contributed by atoms with Crippen LogP contribution in [0.1, 0.15) is 38.2 Å². The first-order valence-electron chi connectivity index (χ1n) is 7.36. The fourth-order valence-corrected chi connectivity index (χ4v) is 2.11. The number of nitrogens with one attached hydrogen (secondary N) is 2. The van der Waals surface area contributed by atoms with Gasteiger partial charge in [-0.1, -0.05) is 25.1 Å². The van der Waals surface area contributed by atoms with Crippen molar-refractivity contribution in [2.24, 2.45) is 5.92 Å². The molecule has 1 aromatic carbocycles. The van der Waals surface area contributed by atoms with Crippen molar-refractivity contribution < 1.29 is 9.59 Å². The van der Waals surface area contributed by atoms with E-state index in [9.17, 15) is 9.59 Å². The van der Waals surface area contributed by atoms with Gasteiger partial charge in [-0.3, -0.25) is 9.59 Å². The summed E-state index contributed by atoms with van der Waals surface area (Å²) in [6.45, 7) is 2.65. The molecular formula is C16H22N2O2. The zero-order chi connectivity index (χ0) is 14.4. The highest BCUT2D eigenvalue weighted by atomic mass is 16.2. The number of hydrogen-bond acceptors (Lipinski definition) is 2. The standard InChI is InChI=1S/C16H22N2O2/c1-2-12-6-3-4-7-14(12)18-15(19)8-5-11-17-16(20)13-9-10-13/h3-4,6-7,13H,2,5,8-11H2,1H3,(H,17,20)(H,18,19). The number of amides is 2. The lowest BCUT2D eigenvalue weighted by Crippen LogP contribution is -2.26. The van der Waals surface area contributed by atoms with E-state index in [1.165, 1.54) is 0 Å². The van der Waals surface area contributed by atoms with Gasteiger partial charge in [0.25, 0.3) is 0 Å². The van der Waals surface area contributed by atoms with Crippen LogP contribution < -0.4 is 10.6 Å². The molecule has 1 saturated carbocycles. The summed E-state index contributed by atoms with van der Waals surface area (Å²) >= 11 is 0. The summed E-state index contributed by atoms with van der Waals surface area (Å²) in [5.74, 6) is 0.383. The maximum atomic E-state index is 11.8. The number of para-hydroxylation sites is 1. The molecule has 0 aliphatic heterocycles. The van der Waals surface area contributed by atoms with Gasteiger partial charge in [-0.15, -0.1) is 0 Å². The molecule has 0 radical (unpaired) electrons. The Morgan fingerprint density at radius 2 is 2.00 bits per heavy atom. The summed E-state index contributed by atoms with van der Waals surface area (Å²) in [5, 5.41) is 5.80. The summed E-state index contributed by atoms with van der Waals surface area (Å²) in [6, 6.07) is 7.84. The van der Waals surface area contributed by atoms with Crippen LogP contribution in [0.5, 0.6) is 0 Å². The maximum absolute atomic E-state index is 11.8. The number of carbonyl (C=O) groups is 2. The van der Waals surface area contributed by atoms with Gasteiger partial charge in [-0.2, -0.15) is 0 Å². The van der Waals surface area contributed by atoms with E-state index in [0.29, 0.717) is 19.4 Å². The van der Waals surface area contributed by atoms with Crippen LogP contribution in [0.25, 0.3) is 0 Å². The lowest BCUT2D eigenvalue weighted by molar-refractivity contribution is -0.122. The Kier molecular flexibility index (Phi) is 5.16. The van der Waals surface area contributed by atoms with Crippen LogP contribution >= 0.6 is 0 Å². The fraction of sp³-hybridized carbons (Fsp3) is 0.500. The average molecular weight is 274 g/mol. The zero-order valence-electron chi connectivity index (χ0n) is 11.9. The summed E-state index contributed by atoms with van der Waals surface area (Å²) in [6.07, 6.45) is 4.04. The van der Waals surface area contributed by atoms with E-state index >= 15 is 0 Å². The van der Waals surface area contributed by atoms with Crippen LogP contribution in [0.15, 0.2) is 24.3 Å². The molecule has 1 aliphatic rings. The molecule has 0 bridgehead atoms. The maximum Gasteiger partial charge on any atom is 0.224 e. The topological polar surface area (TPSA) is 58.2 Å². The predicted octanol–water partition coefficient (Wildman–Crippen LogP) is 2.49. The van der Waals surface area contributed by atoms with E-state index in [1.807, 2.05) is 24.3 Å². The highest BCUT2D eigenvalue weighted by Crippen LogP contribution is 2.28. The fourth-order valence-electron chi connectivity index (χ4n) is 2.11. The summed E-state index contributed by atoms with van der Waals surface area (Å²) in [5.41, 5.74) is 2.03. The van der Waals surface area contributed by atoms with Gasteiger partial charge < -0.3 is 10.6 Å². The SMILES string of the molecule is CCc1ccccc1NC(=O)CCCNC(=O)C1CC1. The van der Waals surface area contributed by atoms with Gasteiger partial charge in [0.1, 0.15) is 0 Å². The van der Waals surface area contributed by atoms with E-state index in [0.717, 1.165) is 30.5 Å². The third-order valence-corrected chi connectivity index (χ3v) is 3.50. The van der Waals surface area contributed by atoms with Crippen molar-refractivity contribution in [3.63, 3.8) is 0 Å². The van der Waals surface area contributed by atoms with Crippen molar-refractivity contribution in [3.05, 3.63) is 29.8 Å². The van der Waals surface area contributed by atoms with Crippen molar-refractivity contribution in [1.82, 2.24) is 5.32 Å². The second kappa shape index (κ2) is 7.08. The summed E-state index contributed by atoms with van der Waals surface area (Å²) in [7, 11) is 0. The van der Waals surface area contributed by atoms with Gasteiger partial charge in [-0.25, -0.2) is 0 Å². The minimum absolute atomic E-state index is 0.00608.